The van der Waals surface area contributed by atoms with Crippen LogP contribution >= 0.6 is 7.82 Å². The topological polar surface area (TPSA) is 114 Å². The van der Waals surface area contributed by atoms with Gasteiger partial charge >= 0.3 is 5.97 Å². The van der Waals surface area contributed by atoms with Crippen molar-refractivity contribution in [2.45, 2.75) is 328 Å². The fourth-order valence-electron chi connectivity index (χ4n) is 10.1. The number of quaternary nitrogens is 1. The molecule has 0 bridgehead atoms. The lowest BCUT2D eigenvalue weighted by Crippen LogP contribution is -2.47. The van der Waals surface area contributed by atoms with Gasteiger partial charge < -0.3 is 28.5 Å². The molecule has 0 spiro atoms. The summed E-state index contributed by atoms with van der Waals surface area (Å²) in [4.78, 5) is 40.2. The summed E-state index contributed by atoms with van der Waals surface area (Å²) in [6.07, 6.45) is 90.6. The van der Waals surface area contributed by atoms with Gasteiger partial charge in [0.15, 0.2) is 0 Å². The zero-order valence-corrected chi connectivity index (χ0v) is 58.3. The van der Waals surface area contributed by atoms with E-state index >= 15 is 0 Å². The molecule has 87 heavy (non-hydrogen) atoms. The normalized spacial score (nSPS) is 14.1. The summed E-state index contributed by atoms with van der Waals surface area (Å²) in [5, 5.41) is 3.04. The van der Waals surface area contributed by atoms with Crippen LogP contribution in [0.25, 0.3) is 0 Å². The Morgan fingerprint density at radius 3 is 1.13 bits per heavy atom. The fraction of sp³-hybridized carbons (Fsp3) is 0.740. The second-order valence-corrected chi connectivity index (χ2v) is 26.8. The minimum absolute atomic E-state index is 0.0299. The van der Waals surface area contributed by atoms with E-state index in [4.69, 9.17) is 13.8 Å². The number of rotatable bonds is 65. The predicted molar refractivity (Wildman–Crippen MR) is 376 cm³/mol. The zero-order chi connectivity index (χ0) is 63.5. The van der Waals surface area contributed by atoms with Crippen molar-refractivity contribution in [3.63, 3.8) is 0 Å². The molecule has 10 heteroatoms. The van der Waals surface area contributed by atoms with Crippen molar-refractivity contribution in [3.05, 3.63) is 109 Å². The van der Waals surface area contributed by atoms with E-state index in [1.165, 1.54) is 154 Å². The number of ether oxygens (including phenoxy) is 1. The molecule has 1 amide bonds. The maximum absolute atomic E-state index is 13.6. The Hall–Kier alpha value is -3.33. The van der Waals surface area contributed by atoms with Gasteiger partial charge in [-0.15, -0.1) is 0 Å². The largest absolute Gasteiger partial charge is 0.756 e. The summed E-state index contributed by atoms with van der Waals surface area (Å²) < 4.78 is 30.5. The van der Waals surface area contributed by atoms with E-state index in [1.807, 2.05) is 33.3 Å². The van der Waals surface area contributed by atoms with Gasteiger partial charge in [-0.3, -0.25) is 14.2 Å². The Morgan fingerprint density at radius 2 is 0.736 bits per heavy atom. The summed E-state index contributed by atoms with van der Waals surface area (Å²) in [5.74, 6) is -0.556. The Bertz CT molecular complexity index is 1860. The first kappa shape index (κ1) is 83.7. The first-order chi connectivity index (χ1) is 42.4. The number of likely N-dealkylation sites (N-methyl/N-ethyl adjacent to an activating group) is 1. The number of hydrogen-bond donors (Lipinski definition) is 1. The number of phosphoric ester groups is 1. The molecule has 0 saturated carbocycles. The third kappa shape index (κ3) is 66.9. The number of nitrogens with one attached hydrogen (secondary N) is 1. The lowest BCUT2D eigenvalue weighted by Gasteiger charge is -2.30. The molecule has 0 radical (unpaired) electrons. The molecule has 0 aliphatic rings. The van der Waals surface area contributed by atoms with E-state index in [1.54, 1.807) is 0 Å². The van der Waals surface area contributed by atoms with Crippen molar-refractivity contribution in [1.29, 1.82) is 0 Å². The van der Waals surface area contributed by atoms with Crippen molar-refractivity contribution in [2.24, 2.45) is 0 Å². The molecule has 0 aromatic carbocycles. The number of nitrogens with zero attached hydrogens (tertiary/aromatic N) is 1. The van der Waals surface area contributed by atoms with Crippen LogP contribution in [0.3, 0.4) is 0 Å². The van der Waals surface area contributed by atoms with Gasteiger partial charge in [0.25, 0.3) is 7.82 Å². The van der Waals surface area contributed by atoms with E-state index in [-0.39, 0.29) is 24.9 Å². The van der Waals surface area contributed by atoms with Crippen LogP contribution in [0.4, 0.5) is 0 Å². The van der Waals surface area contributed by atoms with Gasteiger partial charge in [-0.25, -0.2) is 0 Å². The molecular formula is C77H137N2O7P. The van der Waals surface area contributed by atoms with E-state index in [9.17, 15) is 19.0 Å². The number of carbonyl (C=O) groups excluding carboxylic acids is 2. The van der Waals surface area contributed by atoms with Crippen LogP contribution in [0.1, 0.15) is 316 Å². The van der Waals surface area contributed by atoms with E-state index in [0.29, 0.717) is 17.4 Å². The highest BCUT2D eigenvalue weighted by Crippen LogP contribution is 2.38. The first-order valence-corrected chi connectivity index (χ1v) is 37.7. The molecule has 0 aromatic heterocycles. The predicted octanol–water partition coefficient (Wildman–Crippen LogP) is 22.6. The summed E-state index contributed by atoms with van der Waals surface area (Å²) in [7, 11) is 1.17. The lowest BCUT2D eigenvalue weighted by molar-refractivity contribution is -0.870. The Balaban J connectivity index is 5.14. The molecule has 0 aliphatic heterocycles. The standard InChI is InChI=1S/C77H137N2O7P/c1-7-10-13-16-19-22-25-28-30-32-34-36-38-39-41-42-44-46-48-51-54-57-60-63-66-69-76(80)78-74(73-85-87(82,83)84-72-71-79(4,5)6)75(68-65-62-59-56-53-50-27-24-21-18-15-12-9-3)86-77(81)70-67-64-61-58-55-52-49-47-45-43-40-37-35-33-31-29-26-23-20-17-14-11-8-2/h10,13,19-20,22-23,28-31,34,36,39,41,44,46,65,68,74-75H,7-9,11-12,14-18,21,24-27,32-33,35,37-38,40,42-43,45,47-64,66-67,69-73H2,1-6H3,(H-,78,80,82,83)/b13-10-,22-19-,23-20-,30-28-,31-29-,36-34-,41-39-,46-44-,68-65+. The molecule has 0 heterocycles. The average Bonchev–Trinajstić information content (AvgIpc) is 3.70. The van der Waals surface area contributed by atoms with Crippen LogP contribution in [-0.4, -0.2) is 69.4 Å². The number of allylic oxidation sites excluding steroid dienone is 17. The SMILES string of the molecule is CC/C=C\C/C=C\C/C=C\C/C=C\C/C=C\C/C=C\CCCCCCCCC(=O)NC(COP(=O)([O-])OCC[N+](C)(C)C)C(/C=C/CCCCCCCCCCCCC)OC(=O)CCCCCCCCCCCCCCC/C=C\C/C=C\CCCCC. The van der Waals surface area contributed by atoms with E-state index in [2.05, 4.69) is 123 Å². The molecule has 3 atom stereocenters. The maximum Gasteiger partial charge on any atom is 0.306 e. The highest BCUT2D eigenvalue weighted by molar-refractivity contribution is 7.45. The third-order valence-electron chi connectivity index (χ3n) is 15.7. The van der Waals surface area contributed by atoms with Gasteiger partial charge in [0, 0.05) is 12.8 Å². The minimum Gasteiger partial charge on any atom is -0.756 e. The molecule has 9 nitrogen and oxygen atoms in total. The van der Waals surface area contributed by atoms with Crippen molar-refractivity contribution in [1.82, 2.24) is 5.32 Å². The molecule has 502 valence electrons. The number of carbonyl (C=O) groups is 2. The first-order valence-electron chi connectivity index (χ1n) is 36.2. The highest BCUT2D eigenvalue weighted by Gasteiger charge is 2.27. The molecule has 0 saturated heterocycles. The number of hydrogen-bond acceptors (Lipinski definition) is 7. The van der Waals surface area contributed by atoms with Crippen LogP contribution < -0.4 is 10.2 Å². The molecule has 3 unspecified atom stereocenters. The number of esters is 1. The molecule has 0 rings (SSSR count). The molecule has 0 aliphatic carbocycles. The summed E-state index contributed by atoms with van der Waals surface area (Å²) in [6, 6.07) is -0.904. The summed E-state index contributed by atoms with van der Waals surface area (Å²) in [6.45, 7) is 6.72. The number of amides is 1. The van der Waals surface area contributed by atoms with Crippen molar-refractivity contribution >= 4 is 19.7 Å². The minimum atomic E-state index is -4.72. The van der Waals surface area contributed by atoms with Gasteiger partial charge in [-0.05, 0) is 115 Å². The van der Waals surface area contributed by atoms with Crippen LogP contribution in [0, 0.1) is 0 Å². The van der Waals surface area contributed by atoms with Crippen LogP contribution in [0.15, 0.2) is 109 Å². The maximum atomic E-state index is 13.6. The van der Waals surface area contributed by atoms with Gasteiger partial charge in [0.1, 0.15) is 19.3 Å². The molecule has 0 aromatic rings. The molecule has 0 fully saturated rings. The molecule has 1 N–H and O–H groups in total. The lowest BCUT2D eigenvalue weighted by atomic mass is 10.0. The zero-order valence-electron chi connectivity index (χ0n) is 57.4. The van der Waals surface area contributed by atoms with E-state index in [0.717, 1.165) is 128 Å². The third-order valence-corrected chi connectivity index (χ3v) is 16.7. The summed E-state index contributed by atoms with van der Waals surface area (Å²) in [5.41, 5.74) is 0. The van der Waals surface area contributed by atoms with Crippen LogP contribution in [0.5, 0.6) is 0 Å². The number of phosphoric acid groups is 1. The van der Waals surface area contributed by atoms with E-state index < -0.39 is 26.6 Å². The Labute approximate surface area is 538 Å². The number of unbranched alkanes of at least 4 members (excludes halogenated alkanes) is 33. The fourth-order valence-corrected chi connectivity index (χ4v) is 10.9. The van der Waals surface area contributed by atoms with Gasteiger partial charge in [0.05, 0.1) is 33.8 Å². The van der Waals surface area contributed by atoms with Crippen molar-refractivity contribution in [2.75, 3.05) is 40.9 Å². The van der Waals surface area contributed by atoms with Crippen LogP contribution in [0.2, 0.25) is 0 Å². The second kappa shape index (κ2) is 65.6. The quantitative estimate of drug-likeness (QED) is 0.0212. The van der Waals surface area contributed by atoms with Gasteiger partial charge in [0.2, 0.25) is 5.91 Å². The average molecular weight is 1230 g/mol. The Kier molecular flexibility index (Phi) is 63.1. The monoisotopic (exact) mass is 1230 g/mol. The molecular weight excluding hydrogens is 1100 g/mol. The Morgan fingerprint density at radius 1 is 0.414 bits per heavy atom. The second-order valence-electron chi connectivity index (χ2n) is 25.4. The smallest absolute Gasteiger partial charge is 0.306 e. The van der Waals surface area contributed by atoms with Crippen molar-refractivity contribution in [3.8, 4) is 0 Å². The van der Waals surface area contributed by atoms with Gasteiger partial charge in [-0.1, -0.05) is 297 Å². The van der Waals surface area contributed by atoms with Crippen molar-refractivity contribution < 1.29 is 37.3 Å². The van der Waals surface area contributed by atoms with Crippen LogP contribution in [-0.2, 0) is 27.9 Å². The van der Waals surface area contributed by atoms with Gasteiger partial charge in [-0.2, -0.15) is 0 Å². The highest BCUT2D eigenvalue weighted by atomic mass is 31.2. The summed E-state index contributed by atoms with van der Waals surface area (Å²) >= 11 is 0.